The third kappa shape index (κ3) is 3.42. The van der Waals surface area contributed by atoms with Gasteiger partial charge in [-0.1, -0.05) is 30.3 Å². The van der Waals surface area contributed by atoms with Crippen LogP contribution in [0.2, 0.25) is 0 Å². The lowest BCUT2D eigenvalue weighted by Gasteiger charge is -2.08. The molecule has 1 N–H and O–H groups in total. The van der Waals surface area contributed by atoms with Crippen molar-refractivity contribution in [3.05, 3.63) is 71.8 Å². The first-order valence-corrected chi connectivity index (χ1v) is 7.46. The lowest BCUT2D eigenvalue weighted by molar-refractivity contribution is 0.0563. The predicted molar refractivity (Wildman–Crippen MR) is 87.4 cm³/mol. The molecule has 124 valence electrons. The van der Waals surface area contributed by atoms with Crippen LogP contribution >= 0.6 is 0 Å². The van der Waals surface area contributed by atoms with Gasteiger partial charge >= 0.3 is 6.55 Å². The van der Waals surface area contributed by atoms with Gasteiger partial charge in [-0.3, -0.25) is 0 Å². The Morgan fingerprint density at radius 1 is 1.08 bits per heavy atom. The molecule has 0 amide bonds. The highest BCUT2D eigenvalue weighted by atomic mass is 19.3. The summed E-state index contributed by atoms with van der Waals surface area (Å²) in [6.45, 7) is -0.591. The van der Waals surface area contributed by atoms with E-state index in [1.807, 2.05) is 24.3 Å². The van der Waals surface area contributed by atoms with Crippen LogP contribution in [-0.2, 0) is 6.54 Å². The van der Waals surface area contributed by atoms with E-state index in [2.05, 4.69) is 10.4 Å². The Hall–Kier alpha value is -2.76. The minimum atomic E-state index is -2.65. The fourth-order valence-corrected chi connectivity index (χ4v) is 2.47. The van der Waals surface area contributed by atoms with E-state index >= 15 is 0 Å². The van der Waals surface area contributed by atoms with Crippen molar-refractivity contribution in [3.8, 4) is 11.1 Å². The zero-order valence-electron chi connectivity index (χ0n) is 13.0. The highest BCUT2D eigenvalue weighted by Gasteiger charge is 2.12. The van der Waals surface area contributed by atoms with Crippen LogP contribution in [0, 0.1) is 12.7 Å². The maximum absolute atomic E-state index is 13.6. The Morgan fingerprint density at radius 2 is 1.79 bits per heavy atom. The van der Waals surface area contributed by atoms with Gasteiger partial charge in [0.15, 0.2) is 0 Å². The van der Waals surface area contributed by atoms with E-state index in [9.17, 15) is 13.2 Å². The molecule has 1 heterocycles. The summed E-state index contributed by atoms with van der Waals surface area (Å²) in [7, 11) is 0. The van der Waals surface area contributed by atoms with E-state index in [0.717, 1.165) is 11.3 Å². The quantitative estimate of drug-likeness (QED) is 0.712. The van der Waals surface area contributed by atoms with Gasteiger partial charge in [0.1, 0.15) is 5.82 Å². The van der Waals surface area contributed by atoms with Crippen LogP contribution < -0.4 is 5.32 Å². The molecular formula is C18H16F3N3. The van der Waals surface area contributed by atoms with Crippen molar-refractivity contribution < 1.29 is 13.2 Å². The van der Waals surface area contributed by atoms with E-state index in [-0.39, 0.29) is 5.82 Å². The lowest BCUT2D eigenvalue weighted by atomic mass is 10.1. The molecule has 0 radical (unpaired) electrons. The van der Waals surface area contributed by atoms with Crippen molar-refractivity contribution in [2.24, 2.45) is 0 Å². The molecule has 0 bridgehead atoms. The van der Waals surface area contributed by atoms with Gasteiger partial charge in [0.25, 0.3) is 0 Å². The SMILES string of the molecule is Cc1nn(C(F)F)cc1-c1ccc(NCc2ccccc2F)cc1. The zero-order chi connectivity index (χ0) is 17.1. The Kier molecular flexibility index (Phi) is 4.55. The molecule has 6 heteroatoms. The fraction of sp³-hybridized carbons (Fsp3) is 0.167. The first kappa shape index (κ1) is 16.1. The second kappa shape index (κ2) is 6.78. The van der Waals surface area contributed by atoms with E-state index < -0.39 is 6.55 Å². The first-order valence-electron chi connectivity index (χ1n) is 7.46. The number of anilines is 1. The van der Waals surface area contributed by atoms with Gasteiger partial charge in [-0.05, 0) is 30.7 Å². The van der Waals surface area contributed by atoms with E-state index in [0.29, 0.717) is 28.0 Å². The maximum atomic E-state index is 13.6. The fourth-order valence-electron chi connectivity index (χ4n) is 2.47. The van der Waals surface area contributed by atoms with Crippen molar-refractivity contribution in [2.45, 2.75) is 20.0 Å². The van der Waals surface area contributed by atoms with Gasteiger partial charge in [0.05, 0.1) is 5.69 Å². The molecule has 0 unspecified atom stereocenters. The summed E-state index contributed by atoms with van der Waals surface area (Å²) in [6, 6.07) is 13.9. The standard InChI is InChI=1S/C18H16F3N3/c1-12-16(11-24(23-12)18(20)21)13-6-8-15(9-7-13)22-10-14-4-2-3-5-17(14)19/h2-9,11,18,22H,10H2,1H3. The number of nitrogens with one attached hydrogen (secondary N) is 1. The highest BCUT2D eigenvalue weighted by Crippen LogP contribution is 2.26. The lowest BCUT2D eigenvalue weighted by Crippen LogP contribution is -2.01. The van der Waals surface area contributed by atoms with Crippen LogP contribution in [-0.4, -0.2) is 9.78 Å². The van der Waals surface area contributed by atoms with Crippen molar-refractivity contribution in [1.82, 2.24) is 9.78 Å². The number of hydrogen-bond donors (Lipinski definition) is 1. The van der Waals surface area contributed by atoms with Gasteiger partial charge in [-0.25, -0.2) is 9.07 Å². The van der Waals surface area contributed by atoms with Crippen LogP contribution in [0.3, 0.4) is 0 Å². The van der Waals surface area contributed by atoms with Crippen molar-refractivity contribution in [2.75, 3.05) is 5.32 Å². The maximum Gasteiger partial charge on any atom is 0.333 e. The van der Waals surface area contributed by atoms with Crippen LogP contribution in [0.15, 0.2) is 54.7 Å². The van der Waals surface area contributed by atoms with Gasteiger partial charge in [-0.15, -0.1) is 0 Å². The molecule has 0 saturated heterocycles. The second-order valence-corrected chi connectivity index (χ2v) is 5.41. The number of rotatable bonds is 5. The summed E-state index contributed by atoms with van der Waals surface area (Å²) < 4.78 is 39.6. The van der Waals surface area contributed by atoms with E-state index in [1.165, 1.54) is 12.3 Å². The molecule has 1 aromatic heterocycles. The van der Waals surface area contributed by atoms with Crippen LogP contribution in [0.25, 0.3) is 11.1 Å². The molecule has 0 spiro atoms. The molecule has 0 fully saturated rings. The van der Waals surface area contributed by atoms with E-state index in [4.69, 9.17) is 0 Å². The summed E-state index contributed by atoms with van der Waals surface area (Å²) >= 11 is 0. The molecule has 24 heavy (non-hydrogen) atoms. The Bertz CT molecular complexity index is 826. The van der Waals surface area contributed by atoms with Crippen molar-refractivity contribution in [1.29, 1.82) is 0 Å². The third-order valence-electron chi connectivity index (χ3n) is 3.75. The molecule has 3 nitrogen and oxygen atoms in total. The van der Waals surface area contributed by atoms with Gasteiger partial charge < -0.3 is 5.32 Å². The summed E-state index contributed by atoms with van der Waals surface area (Å²) in [5.74, 6) is -0.253. The number of aryl methyl sites for hydroxylation is 1. The van der Waals surface area contributed by atoms with Gasteiger partial charge in [0.2, 0.25) is 0 Å². The van der Waals surface area contributed by atoms with Crippen LogP contribution in [0.1, 0.15) is 17.8 Å². The molecule has 3 aromatic rings. The first-order chi connectivity index (χ1) is 11.5. The van der Waals surface area contributed by atoms with E-state index in [1.54, 1.807) is 25.1 Å². The monoisotopic (exact) mass is 331 g/mol. The normalized spacial score (nSPS) is 11.0. The van der Waals surface area contributed by atoms with Crippen LogP contribution in [0.5, 0.6) is 0 Å². The minimum Gasteiger partial charge on any atom is -0.381 e. The topological polar surface area (TPSA) is 29.9 Å². The molecule has 0 atom stereocenters. The molecule has 0 aliphatic carbocycles. The summed E-state index contributed by atoms with van der Waals surface area (Å²) in [6.07, 6.45) is 1.34. The Morgan fingerprint density at radius 3 is 2.42 bits per heavy atom. The number of aromatic nitrogens is 2. The third-order valence-corrected chi connectivity index (χ3v) is 3.75. The molecule has 0 saturated carbocycles. The Balaban J connectivity index is 1.73. The molecule has 3 rings (SSSR count). The highest BCUT2D eigenvalue weighted by molar-refractivity contribution is 5.67. The van der Waals surface area contributed by atoms with Gasteiger partial charge in [0, 0.05) is 29.6 Å². The molecule has 2 aromatic carbocycles. The number of alkyl halides is 2. The summed E-state index contributed by atoms with van der Waals surface area (Å²) in [5.41, 5.74) is 3.41. The molecule has 0 aliphatic heterocycles. The largest absolute Gasteiger partial charge is 0.381 e. The summed E-state index contributed by atoms with van der Waals surface area (Å²) in [5, 5.41) is 6.94. The van der Waals surface area contributed by atoms with Crippen molar-refractivity contribution in [3.63, 3.8) is 0 Å². The Labute approximate surface area is 137 Å². The second-order valence-electron chi connectivity index (χ2n) is 5.41. The number of nitrogens with zero attached hydrogens (tertiary/aromatic N) is 2. The number of benzene rings is 2. The number of halogens is 3. The number of hydrogen-bond acceptors (Lipinski definition) is 2. The molecular weight excluding hydrogens is 315 g/mol. The minimum absolute atomic E-state index is 0.253. The predicted octanol–water partition coefficient (Wildman–Crippen LogP) is 5.00. The smallest absolute Gasteiger partial charge is 0.333 e. The van der Waals surface area contributed by atoms with Crippen molar-refractivity contribution >= 4 is 5.69 Å². The van der Waals surface area contributed by atoms with Gasteiger partial charge in [-0.2, -0.15) is 13.9 Å². The zero-order valence-corrected chi connectivity index (χ0v) is 13.0. The van der Waals surface area contributed by atoms with Crippen LogP contribution in [0.4, 0.5) is 18.9 Å². The summed E-state index contributed by atoms with van der Waals surface area (Å²) in [4.78, 5) is 0. The molecule has 0 aliphatic rings. The average Bonchev–Trinajstić information content (AvgIpc) is 2.97. The average molecular weight is 331 g/mol.